The van der Waals surface area contributed by atoms with Crippen LogP contribution in [0, 0.1) is 0 Å². The quantitative estimate of drug-likeness (QED) is 0.687. The van der Waals surface area contributed by atoms with E-state index in [0.717, 1.165) is 25.1 Å². The number of hydrogen-bond acceptors (Lipinski definition) is 2. The summed E-state index contributed by atoms with van der Waals surface area (Å²) >= 11 is 0. The van der Waals surface area contributed by atoms with Crippen LogP contribution in [-0.4, -0.2) is 14.3 Å². The van der Waals surface area contributed by atoms with Gasteiger partial charge in [0.05, 0.1) is 6.04 Å². The summed E-state index contributed by atoms with van der Waals surface area (Å²) in [5, 5.41) is 4.65. The van der Waals surface area contributed by atoms with Crippen LogP contribution in [0.15, 0.2) is 29.1 Å². The second-order valence-corrected chi connectivity index (χ2v) is 6.00. The Kier molecular flexibility index (Phi) is 3.02. The van der Waals surface area contributed by atoms with Crippen LogP contribution in [0.4, 0.5) is 0 Å². The van der Waals surface area contributed by atoms with Crippen molar-refractivity contribution in [2.24, 2.45) is 0 Å². The van der Waals surface area contributed by atoms with Crippen LogP contribution in [0.1, 0.15) is 55.1 Å². The van der Waals surface area contributed by atoms with Crippen molar-refractivity contribution in [2.45, 2.75) is 44.6 Å². The molecule has 0 amide bonds. The third-order valence-electron chi connectivity index (χ3n) is 4.63. The van der Waals surface area contributed by atoms with Crippen molar-refractivity contribution in [3.05, 3.63) is 51.7 Å². The first-order valence-corrected chi connectivity index (χ1v) is 7.79. The average molecular weight is 281 g/mol. The third kappa shape index (κ3) is 2.15. The lowest BCUT2D eigenvalue weighted by atomic mass is 9.96. The van der Waals surface area contributed by atoms with E-state index >= 15 is 0 Å². The fraction of sp³-hybridized carbons (Fsp3) is 0.412. The monoisotopic (exact) mass is 281 g/mol. The maximum atomic E-state index is 12.6. The number of nitrogens with zero attached hydrogens (tertiary/aromatic N) is 3. The minimum atomic E-state index is 0.0148. The lowest BCUT2D eigenvalue weighted by Gasteiger charge is -2.20. The Morgan fingerprint density at radius 1 is 1.10 bits per heavy atom. The van der Waals surface area contributed by atoms with Gasteiger partial charge in [-0.3, -0.25) is 4.57 Å². The molecular formula is C17H19N3O. The van der Waals surface area contributed by atoms with Gasteiger partial charge in [-0.25, -0.2) is 9.48 Å². The zero-order valence-corrected chi connectivity index (χ0v) is 12.0. The van der Waals surface area contributed by atoms with E-state index in [1.54, 1.807) is 9.25 Å². The Morgan fingerprint density at radius 2 is 1.90 bits per heavy atom. The summed E-state index contributed by atoms with van der Waals surface area (Å²) in [6.45, 7) is 0. The SMILES string of the molecule is O=c1n(C2CCCCC2)nc2n1C=Cc1ccccc1C2. The fourth-order valence-corrected chi connectivity index (χ4v) is 3.45. The van der Waals surface area contributed by atoms with Gasteiger partial charge in [-0.15, -0.1) is 0 Å². The lowest BCUT2D eigenvalue weighted by Crippen LogP contribution is -2.27. The highest BCUT2D eigenvalue weighted by Crippen LogP contribution is 2.27. The zero-order chi connectivity index (χ0) is 14.2. The largest absolute Gasteiger partial charge is 0.350 e. The van der Waals surface area contributed by atoms with Crippen LogP contribution in [0.3, 0.4) is 0 Å². The second kappa shape index (κ2) is 5.02. The molecule has 1 aromatic carbocycles. The van der Waals surface area contributed by atoms with Gasteiger partial charge < -0.3 is 0 Å². The Hall–Kier alpha value is -2.10. The van der Waals surface area contributed by atoms with Crippen LogP contribution in [0.5, 0.6) is 0 Å². The summed E-state index contributed by atoms with van der Waals surface area (Å²) in [5.74, 6) is 0.853. The normalized spacial score (nSPS) is 18.1. The minimum absolute atomic E-state index is 0.0148. The van der Waals surface area contributed by atoms with E-state index in [4.69, 9.17) is 0 Å². The van der Waals surface area contributed by atoms with Gasteiger partial charge in [-0.2, -0.15) is 5.10 Å². The van der Waals surface area contributed by atoms with Crippen molar-refractivity contribution in [1.29, 1.82) is 0 Å². The molecule has 0 bridgehead atoms. The molecule has 0 spiro atoms. The van der Waals surface area contributed by atoms with E-state index < -0.39 is 0 Å². The molecular weight excluding hydrogens is 262 g/mol. The first kappa shape index (κ1) is 12.6. The second-order valence-electron chi connectivity index (χ2n) is 6.00. The maximum Gasteiger partial charge on any atom is 0.350 e. The maximum absolute atomic E-state index is 12.6. The highest BCUT2D eigenvalue weighted by Gasteiger charge is 2.22. The van der Waals surface area contributed by atoms with Crippen LogP contribution in [-0.2, 0) is 6.42 Å². The van der Waals surface area contributed by atoms with Crippen molar-refractivity contribution in [3.8, 4) is 0 Å². The molecule has 0 atom stereocenters. The molecule has 1 aliphatic heterocycles. The third-order valence-corrected chi connectivity index (χ3v) is 4.63. The van der Waals surface area contributed by atoms with Gasteiger partial charge in [0.25, 0.3) is 0 Å². The van der Waals surface area contributed by atoms with Crippen LogP contribution in [0.2, 0.25) is 0 Å². The van der Waals surface area contributed by atoms with Crippen LogP contribution < -0.4 is 5.69 Å². The molecule has 0 radical (unpaired) electrons. The smallest absolute Gasteiger partial charge is 0.253 e. The van der Waals surface area contributed by atoms with Crippen molar-refractivity contribution >= 4 is 12.3 Å². The first-order valence-electron chi connectivity index (χ1n) is 7.79. The lowest BCUT2D eigenvalue weighted by molar-refractivity contribution is 0.320. The van der Waals surface area contributed by atoms with Gasteiger partial charge >= 0.3 is 5.69 Å². The molecule has 21 heavy (non-hydrogen) atoms. The first-order chi connectivity index (χ1) is 10.3. The van der Waals surface area contributed by atoms with Gasteiger partial charge in [0.1, 0.15) is 5.82 Å². The molecule has 1 saturated carbocycles. The highest BCUT2D eigenvalue weighted by molar-refractivity contribution is 5.65. The van der Waals surface area contributed by atoms with Crippen molar-refractivity contribution < 1.29 is 0 Å². The Bertz CT molecular complexity index is 748. The van der Waals surface area contributed by atoms with E-state index in [0.29, 0.717) is 0 Å². The van der Waals surface area contributed by atoms with Crippen LogP contribution >= 0.6 is 0 Å². The Labute approximate surface area is 123 Å². The molecule has 2 heterocycles. The molecule has 1 aliphatic carbocycles. The number of aromatic nitrogens is 3. The standard InChI is InChI=1S/C17H19N3O/c21-17-19-11-10-13-6-4-5-7-14(13)12-16(19)18-20(17)15-8-2-1-3-9-15/h4-7,10-11,15H,1-3,8-9,12H2. The molecule has 0 N–H and O–H groups in total. The molecule has 1 aromatic heterocycles. The Morgan fingerprint density at radius 3 is 2.76 bits per heavy atom. The molecule has 2 aromatic rings. The predicted octanol–water partition coefficient (Wildman–Crippen LogP) is 3.08. The van der Waals surface area contributed by atoms with Gasteiger partial charge in [0.2, 0.25) is 0 Å². The molecule has 0 saturated heterocycles. The minimum Gasteiger partial charge on any atom is -0.253 e. The summed E-state index contributed by atoms with van der Waals surface area (Å²) in [5.41, 5.74) is 2.42. The van der Waals surface area contributed by atoms with Crippen molar-refractivity contribution in [1.82, 2.24) is 14.3 Å². The highest BCUT2D eigenvalue weighted by atomic mass is 16.2. The van der Waals surface area contributed by atoms with Crippen molar-refractivity contribution in [3.63, 3.8) is 0 Å². The summed E-state index contributed by atoms with van der Waals surface area (Å²) in [7, 11) is 0. The molecule has 4 nitrogen and oxygen atoms in total. The van der Waals surface area contributed by atoms with E-state index in [1.807, 2.05) is 24.4 Å². The summed E-state index contributed by atoms with van der Waals surface area (Å²) < 4.78 is 3.45. The van der Waals surface area contributed by atoms with Crippen molar-refractivity contribution in [2.75, 3.05) is 0 Å². The zero-order valence-electron chi connectivity index (χ0n) is 12.0. The summed E-state index contributed by atoms with van der Waals surface area (Å²) in [6.07, 6.45) is 10.5. The molecule has 0 unspecified atom stereocenters. The molecule has 4 heteroatoms. The van der Waals surface area contributed by atoms with E-state index in [-0.39, 0.29) is 11.7 Å². The van der Waals surface area contributed by atoms with Gasteiger partial charge in [-0.05, 0) is 30.0 Å². The number of hydrogen-bond donors (Lipinski definition) is 0. The number of benzene rings is 1. The molecule has 1 fully saturated rings. The van der Waals surface area contributed by atoms with E-state index in [9.17, 15) is 4.79 Å². The summed E-state index contributed by atoms with van der Waals surface area (Å²) in [4.78, 5) is 12.6. The number of fused-ring (bicyclic) bond motifs is 2. The molecule has 4 rings (SSSR count). The van der Waals surface area contributed by atoms with Gasteiger partial charge in [-0.1, -0.05) is 43.5 Å². The molecule has 108 valence electrons. The van der Waals surface area contributed by atoms with Gasteiger partial charge in [0, 0.05) is 12.6 Å². The van der Waals surface area contributed by atoms with E-state index in [1.165, 1.54) is 30.4 Å². The number of rotatable bonds is 1. The average Bonchev–Trinajstić information content (AvgIpc) is 2.72. The van der Waals surface area contributed by atoms with E-state index in [2.05, 4.69) is 17.2 Å². The van der Waals surface area contributed by atoms with Gasteiger partial charge in [0.15, 0.2) is 0 Å². The topological polar surface area (TPSA) is 39.8 Å². The fourth-order valence-electron chi connectivity index (χ4n) is 3.45. The predicted molar refractivity (Wildman–Crippen MR) is 83.1 cm³/mol. The molecule has 2 aliphatic rings. The summed E-state index contributed by atoms with van der Waals surface area (Å²) in [6, 6.07) is 8.54. The van der Waals surface area contributed by atoms with Crippen LogP contribution in [0.25, 0.3) is 12.3 Å². The Balaban J connectivity index is 1.77.